The van der Waals surface area contributed by atoms with Gasteiger partial charge < -0.3 is 5.32 Å². The standard InChI is InChI=1S/C12H15BrN4/c1-9-2-3-10(6-11(9)13)7-14-5-4-12-15-8-16-17-12/h2-3,6,8,14H,4-5,7H2,1H3,(H,15,16,17). The first kappa shape index (κ1) is 12.3. The van der Waals surface area contributed by atoms with Crippen LogP contribution in [0.15, 0.2) is 29.0 Å². The summed E-state index contributed by atoms with van der Waals surface area (Å²) in [5.41, 5.74) is 2.54. The van der Waals surface area contributed by atoms with E-state index >= 15 is 0 Å². The van der Waals surface area contributed by atoms with Gasteiger partial charge in [0.05, 0.1) is 0 Å². The molecule has 0 saturated heterocycles. The van der Waals surface area contributed by atoms with Gasteiger partial charge in [-0.15, -0.1) is 0 Å². The van der Waals surface area contributed by atoms with Crippen molar-refractivity contribution in [3.8, 4) is 0 Å². The van der Waals surface area contributed by atoms with Gasteiger partial charge in [-0.2, -0.15) is 5.10 Å². The Morgan fingerprint density at radius 1 is 1.41 bits per heavy atom. The van der Waals surface area contributed by atoms with Crippen molar-refractivity contribution < 1.29 is 0 Å². The van der Waals surface area contributed by atoms with E-state index in [1.165, 1.54) is 17.5 Å². The lowest BCUT2D eigenvalue weighted by Crippen LogP contribution is -2.17. The van der Waals surface area contributed by atoms with Gasteiger partial charge in [-0.25, -0.2) is 4.98 Å². The highest BCUT2D eigenvalue weighted by Gasteiger charge is 1.98. The quantitative estimate of drug-likeness (QED) is 0.832. The third-order valence-electron chi connectivity index (χ3n) is 2.57. The average molecular weight is 295 g/mol. The predicted molar refractivity (Wildman–Crippen MR) is 70.7 cm³/mol. The number of aromatic amines is 1. The van der Waals surface area contributed by atoms with Crippen molar-refractivity contribution in [2.75, 3.05) is 6.54 Å². The van der Waals surface area contributed by atoms with Crippen molar-refractivity contribution in [3.05, 3.63) is 46.0 Å². The molecule has 5 heteroatoms. The number of hydrogen-bond donors (Lipinski definition) is 2. The molecule has 0 saturated carbocycles. The molecule has 0 aliphatic rings. The van der Waals surface area contributed by atoms with Crippen molar-refractivity contribution in [2.24, 2.45) is 0 Å². The fourth-order valence-corrected chi connectivity index (χ4v) is 1.96. The van der Waals surface area contributed by atoms with Gasteiger partial charge in [0.1, 0.15) is 12.2 Å². The molecule has 4 nitrogen and oxygen atoms in total. The molecule has 1 heterocycles. The summed E-state index contributed by atoms with van der Waals surface area (Å²) >= 11 is 3.54. The summed E-state index contributed by atoms with van der Waals surface area (Å²) in [6.07, 6.45) is 2.40. The van der Waals surface area contributed by atoms with Crippen molar-refractivity contribution in [2.45, 2.75) is 19.9 Å². The number of benzene rings is 1. The van der Waals surface area contributed by atoms with Crippen LogP contribution in [0.25, 0.3) is 0 Å². The van der Waals surface area contributed by atoms with Crippen LogP contribution in [0.3, 0.4) is 0 Å². The average Bonchev–Trinajstić information content (AvgIpc) is 2.82. The van der Waals surface area contributed by atoms with E-state index in [-0.39, 0.29) is 0 Å². The number of halogens is 1. The number of nitrogens with zero attached hydrogens (tertiary/aromatic N) is 2. The largest absolute Gasteiger partial charge is 0.312 e. The Hall–Kier alpha value is -1.20. The van der Waals surface area contributed by atoms with E-state index in [0.717, 1.165) is 29.8 Å². The lowest BCUT2D eigenvalue weighted by molar-refractivity contribution is 0.671. The summed E-state index contributed by atoms with van der Waals surface area (Å²) in [5, 5.41) is 10.0. The molecular formula is C12H15BrN4. The number of nitrogens with one attached hydrogen (secondary N) is 2. The minimum Gasteiger partial charge on any atom is -0.312 e. The van der Waals surface area contributed by atoms with Gasteiger partial charge in [-0.3, -0.25) is 5.10 Å². The third kappa shape index (κ3) is 3.64. The lowest BCUT2D eigenvalue weighted by atomic mass is 10.1. The van der Waals surface area contributed by atoms with Gasteiger partial charge in [0.2, 0.25) is 0 Å². The number of H-pyrrole nitrogens is 1. The van der Waals surface area contributed by atoms with Crippen LogP contribution >= 0.6 is 15.9 Å². The Kier molecular flexibility index (Phi) is 4.28. The van der Waals surface area contributed by atoms with Crippen LogP contribution in [0.5, 0.6) is 0 Å². The van der Waals surface area contributed by atoms with Gasteiger partial charge in [0.15, 0.2) is 0 Å². The number of aromatic nitrogens is 3. The summed E-state index contributed by atoms with van der Waals surface area (Å²) in [4.78, 5) is 4.07. The fourth-order valence-electron chi connectivity index (χ4n) is 1.54. The van der Waals surface area contributed by atoms with E-state index in [9.17, 15) is 0 Å². The van der Waals surface area contributed by atoms with Gasteiger partial charge in [0.25, 0.3) is 0 Å². The maximum atomic E-state index is 4.07. The van der Waals surface area contributed by atoms with Crippen molar-refractivity contribution in [1.82, 2.24) is 20.5 Å². The molecule has 0 bridgehead atoms. The van der Waals surface area contributed by atoms with Crippen molar-refractivity contribution in [1.29, 1.82) is 0 Å². The van der Waals surface area contributed by atoms with Crippen LogP contribution in [0.2, 0.25) is 0 Å². The topological polar surface area (TPSA) is 53.6 Å². The Bertz CT molecular complexity index is 467. The summed E-state index contributed by atoms with van der Waals surface area (Å²) in [7, 11) is 0. The van der Waals surface area contributed by atoms with Crippen LogP contribution in [-0.4, -0.2) is 21.7 Å². The first-order chi connectivity index (χ1) is 8.25. The van der Waals surface area contributed by atoms with Crippen molar-refractivity contribution in [3.63, 3.8) is 0 Å². The Balaban J connectivity index is 1.76. The summed E-state index contributed by atoms with van der Waals surface area (Å²) in [6, 6.07) is 6.41. The number of aryl methyl sites for hydroxylation is 1. The minimum absolute atomic E-state index is 0.868. The van der Waals surface area contributed by atoms with Crippen LogP contribution < -0.4 is 5.32 Å². The summed E-state index contributed by atoms with van der Waals surface area (Å²) in [5.74, 6) is 0.919. The molecule has 1 aromatic heterocycles. The minimum atomic E-state index is 0.868. The first-order valence-electron chi connectivity index (χ1n) is 5.55. The van der Waals surface area contributed by atoms with Gasteiger partial charge in [0, 0.05) is 24.0 Å². The highest BCUT2D eigenvalue weighted by Crippen LogP contribution is 2.17. The normalized spacial score (nSPS) is 10.7. The zero-order chi connectivity index (χ0) is 12.1. The van der Waals surface area contributed by atoms with Gasteiger partial charge in [-0.05, 0) is 24.1 Å². The molecule has 1 aromatic carbocycles. The summed E-state index contributed by atoms with van der Waals surface area (Å²) < 4.78 is 1.16. The predicted octanol–water partition coefficient (Wildman–Crippen LogP) is 2.21. The second-order valence-electron chi connectivity index (χ2n) is 3.94. The monoisotopic (exact) mass is 294 g/mol. The molecule has 0 fully saturated rings. The van der Waals surface area contributed by atoms with Gasteiger partial charge >= 0.3 is 0 Å². The Morgan fingerprint density at radius 2 is 2.29 bits per heavy atom. The smallest absolute Gasteiger partial charge is 0.137 e. The molecule has 90 valence electrons. The van der Waals surface area contributed by atoms with Crippen LogP contribution in [0.4, 0.5) is 0 Å². The zero-order valence-electron chi connectivity index (χ0n) is 9.70. The van der Waals surface area contributed by atoms with E-state index in [0.29, 0.717) is 0 Å². The highest BCUT2D eigenvalue weighted by atomic mass is 79.9. The molecule has 2 aromatic rings. The van der Waals surface area contributed by atoms with E-state index in [4.69, 9.17) is 0 Å². The SMILES string of the molecule is Cc1ccc(CNCCc2ncn[nH]2)cc1Br. The molecule has 0 aliphatic carbocycles. The fraction of sp³-hybridized carbons (Fsp3) is 0.333. The molecule has 2 N–H and O–H groups in total. The molecule has 0 spiro atoms. The third-order valence-corrected chi connectivity index (χ3v) is 3.42. The molecule has 17 heavy (non-hydrogen) atoms. The molecule has 0 aliphatic heterocycles. The molecule has 2 rings (SSSR count). The molecular weight excluding hydrogens is 280 g/mol. The molecule has 0 radical (unpaired) electrons. The van der Waals surface area contributed by atoms with E-state index in [1.54, 1.807) is 0 Å². The summed E-state index contributed by atoms with van der Waals surface area (Å²) in [6.45, 7) is 3.85. The van der Waals surface area contributed by atoms with Crippen LogP contribution in [-0.2, 0) is 13.0 Å². The maximum Gasteiger partial charge on any atom is 0.137 e. The number of rotatable bonds is 5. The van der Waals surface area contributed by atoms with E-state index in [2.05, 4.69) is 61.6 Å². The van der Waals surface area contributed by atoms with E-state index < -0.39 is 0 Å². The Labute approximate surface area is 109 Å². The number of hydrogen-bond acceptors (Lipinski definition) is 3. The lowest BCUT2D eigenvalue weighted by Gasteiger charge is -2.05. The second-order valence-corrected chi connectivity index (χ2v) is 4.80. The maximum absolute atomic E-state index is 4.07. The molecule has 0 unspecified atom stereocenters. The highest BCUT2D eigenvalue weighted by molar-refractivity contribution is 9.10. The second kappa shape index (κ2) is 5.93. The van der Waals surface area contributed by atoms with Crippen molar-refractivity contribution >= 4 is 15.9 Å². The molecule has 0 amide bonds. The Morgan fingerprint density at radius 3 is 3.00 bits per heavy atom. The van der Waals surface area contributed by atoms with Crippen LogP contribution in [0, 0.1) is 6.92 Å². The van der Waals surface area contributed by atoms with Crippen LogP contribution in [0.1, 0.15) is 17.0 Å². The van der Waals surface area contributed by atoms with Gasteiger partial charge in [-0.1, -0.05) is 28.1 Å². The zero-order valence-corrected chi connectivity index (χ0v) is 11.3. The molecule has 0 atom stereocenters. The van der Waals surface area contributed by atoms with E-state index in [1.807, 2.05) is 0 Å². The first-order valence-corrected chi connectivity index (χ1v) is 6.35.